The number of methoxy groups -OCH3 is 1. The van der Waals surface area contributed by atoms with Gasteiger partial charge in [-0.3, -0.25) is 0 Å². The lowest BCUT2D eigenvalue weighted by Gasteiger charge is -2.11. The third-order valence-corrected chi connectivity index (χ3v) is 4.72. The molecule has 0 radical (unpaired) electrons. The average Bonchev–Trinajstić information content (AvgIpc) is 3.08. The van der Waals surface area contributed by atoms with Crippen molar-refractivity contribution in [3.8, 4) is 17.0 Å². The van der Waals surface area contributed by atoms with Gasteiger partial charge in [0.25, 0.3) is 0 Å². The number of benzene rings is 2. The van der Waals surface area contributed by atoms with Gasteiger partial charge in [-0.2, -0.15) is 9.61 Å². The summed E-state index contributed by atoms with van der Waals surface area (Å²) in [4.78, 5) is 4.63. The first kappa shape index (κ1) is 17.1. The van der Waals surface area contributed by atoms with Crippen molar-refractivity contribution in [2.75, 3.05) is 12.4 Å². The molecule has 4 rings (SSSR count). The molecular weight excluding hydrogens is 336 g/mol. The number of fused-ring (bicyclic) bond motifs is 1. The summed E-state index contributed by atoms with van der Waals surface area (Å²) in [5, 5.41) is 8.26. The van der Waals surface area contributed by atoms with E-state index >= 15 is 0 Å². The number of aryl methyl sites for hydroxylation is 3. The van der Waals surface area contributed by atoms with Crippen LogP contribution in [0.3, 0.4) is 0 Å². The van der Waals surface area contributed by atoms with Gasteiger partial charge >= 0.3 is 0 Å². The van der Waals surface area contributed by atoms with E-state index in [1.807, 2.05) is 47.8 Å². The van der Waals surface area contributed by atoms with Crippen LogP contribution >= 0.6 is 0 Å². The first-order valence-corrected chi connectivity index (χ1v) is 8.90. The highest BCUT2D eigenvalue weighted by Gasteiger charge is 2.13. The fourth-order valence-corrected chi connectivity index (χ4v) is 3.14. The summed E-state index contributed by atoms with van der Waals surface area (Å²) in [7, 11) is 1.67. The minimum Gasteiger partial charge on any atom is -0.496 e. The highest BCUT2D eigenvalue weighted by molar-refractivity contribution is 5.72. The second-order valence-corrected chi connectivity index (χ2v) is 6.71. The van der Waals surface area contributed by atoms with Gasteiger partial charge in [0.2, 0.25) is 0 Å². The van der Waals surface area contributed by atoms with Gasteiger partial charge in [0.15, 0.2) is 5.65 Å². The van der Waals surface area contributed by atoms with Crippen molar-refractivity contribution in [3.05, 3.63) is 71.4 Å². The maximum absolute atomic E-state index is 5.48. The molecule has 5 nitrogen and oxygen atoms in total. The second-order valence-electron chi connectivity index (χ2n) is 6.71. The van der Waals surface area contributed by atoms with E-state index in [9.17, 15) is 0 Å². The van der Waals surface area contributed by atoms with Gasteiger partial charge in [-0.05, 0) is 56.2 Å². The van der Waals surface area contributed by atoms with Crippen molar-refractivity contribution in [2.24, 2.45) is 0 Å². The van der Waals surface area contributed by atoms with Crippen LogP contribution in [0.4, 0.5) is 11.5 Å². The molecule has 0 saturated carbocycles. The number of nitrogens with one attached hydrogen (secondary N) is 1. The average molecular weight is 358 g/mol. The lowest BCUT2D eigenvalue weighted by atomic mass is 10.1. The van der Waals surface area contributed by atoms with Crippen LogP contribution in [0.2, 0.25) is 0 Å². The van der Waals surface area contributed by atoms with Gasteiger partial charge < -0.3 is 10.1 Å². The Kier molecular flexibility index (Phi) is 4.28. The Morgan fingerprint density at radius 1 is 0.926 bits per heavy atom. The van der Waals surface area contributed by atoms with Crippen molar-refractivity contribution in [2.45, 2.75) is 20.8 Å². The van der Waals surface area contributed by atoms with Gasteiger partial charge in [0.1, 0.15) is 11.6 Å². The van der Waals surface area contributed by atoms with E-state index in [0.717, 1.165) is 39.9 Å². The Balaban J connectivity index is 1.81. The maximum Gasteiger partial charge on any atom is 0.158 e. The molecule has 5 heteroatoms. The third-order valence-electron chi connectivity index (χ3n) is 4.72. The molecule has 0 saturated heterocycles. The Bertz CT molecular complexity index is 1130. The largest absolute Gasteiger partial charge is 0.496 e. The molecule has 0 spiro atoms. The topological polar surface area (TPSA) is 51.5 Å². The molecule has 0 amide bonds. The summed E-state index contributed by atoms with van der Waals surface area (Å²) >= 11 is 0. The summed E-state index contributed by atoms with van der Waals surface area (Å²) in [6.07, 6.45) is 0. The number of nitrogens with zero attached hydrogens (tertiary/aromatic N) is 3. The molecule has 0 aliphatic heterocycles. The Labute approximate surface area is 158 Å². The summed E-state index contributed by atoms with van der Waals surface area (Å²) in [5.41, 5.74) is 7.04. The second kappa shape index (κ2) is 6.76. The van der Waals surface area contributed by atoms with E-state index in [0.29, 0.717) is 0 Å². The molecular formula is C22H22N4O. The zero-order valence-electron chi connectivity index (χ0n) is 15.9. The van der Waals surface area contributed by atoms with Crippen LogP contribution in [0.25, 0.3) is 16.9 Å². The van der Waals surface area contributed by atoms with E-state index in [1.54, 1.807) is 7.11 Å². The number of aromatic nitrogens is 3. The standard InChI is InChI=1S/C22H22N4O/c1-14-9-10-17(11-15(14)2)24-21-12-16(3)23-22-13-19(25-26(21)22)18-7-5-6-8-20(18)27-4/h5-13,24H,1-4H3. The van der Waals surface area contributed by atoms with Crippen molar-refractivity contribution >= 4 is 17.2 Å². The first-order chi connectivity index (χ1) is 13.0. The van der Waals surface area contributed by atoms with E-state index in [4.69, 9.17) is 9.84 Å². The third kappa shape index (κ3) is 3.24. The number of para-hydroxylation sites is 1. The SMILES string of the molecule is COc1ccccc1-c1cc2nc(C)cc(Nc3ccc(C)c(C)c3)n2n1. The van der Waals surface area contributed by atoms with Crippen LogP contribution in [-0.2, 0) is 0 Å². The number of hydrogen-bond donors (Lipinski definition) is 1. The van der Waals surface area contributed by atoms with E-state index in [1.165, 1.54) is 11.1 Å². The fourth-order valence-electron chi connectivity index (χ4n) is 3.14. The first-order valence-electron chi connectivity index (χ1n) is 8.90. The lowest BCUT2D eigenvalue weighted by Crippen LogP contribution is -2.02. The number of anilines is 2. The number of hydrogen-bond acceptors (Lipinski definition) is 4. The van der Waals surface area contributed by atoms with Crippen LogP contribution in [-0.4, -0.2) is 21.7 Å². The van der Waals surface area contributed by atoms with E-state index in [2.05, 4.69) is 42.3 Å². The van der Waals surface area contributed by atoms with Crippen LogP contribution in [0.5, 0.6) is 5.75 Å². The minimum absolute atomic E-state index is 0.793. The maximum atomic E-state index is 5.48. The summed E-state index contributed by atoms with van der Waals surface area (Å²) in [6, 6.07) is 18.2. The van der Waals surface area contributed by atoms with Crippen LogP contribution in [0.15, 0.2) is 54.6 Å². The monoisotopic (exact) mass is 358 g/mol. The van der Waals surface area contributed by atoms with Crippen molar-refractivity contribution in [3.63, 3.8) is 0 Å². The van der Waals surface area contributed by atoms with Gasteiger partial charge in [0.05, 0.1) is 12.8 Å². The highest BCUT2D eigenvalue weighted by Crippen LogP contribution is 2.30. The quantitative estimate of drug-likeness (QED) is 0.553. The van der Waals surface area contributed by atoms with Crippen LogP contribution in [0, 0.1) is 20.8 Å². The molecule has 0 bridgehead atoms. The lowest BCUT2D eigenvalue weighted by molar-refractivity contribution is 0.416. The molecule has 2 heterocycles. The van der Waals surface area contributed by atoms with Crippen molar-refractivity contribution < 1.29 is 4.74 Å². The number of rotatable bonds is 4. The Hall–Kier alpha value is -3.34. The molecule has 4 aromatic rings. The van der Waals surface area contributed by atoms with Gasteiger partial charge in [-0.15, -0.1) is 0 Å². The van der Waals surface area contributed by atoms with E-state index < -0.39 is 0 Å². The molecule has 0 unspecified atom stereocenters. The molecule has 2 aromatic heterocycles. The molecule has 0 aliphatic rings. The van der Waals surface area contributed by atoms with Crippen molar-refractivity contribution in [1.82, 2.24) is 14.6 Å². The molecule has 0 fully saturated rings. The summed E-state index contributed by atoms with van der Waals surface area (Å²) < 4.78 is 7.32. The van der Waals surface area contributed by atoms with Crippen molar-refractivity contribution in [1.29, 1.82) is 0 Å². The molecule has 27 heavy (non-hydrogen) atoms. The zero-order chi connectivity index (χ0) is 19.0. The normalized spacial score (nSPS) is 11.0. The van der Waals surface area contributed by atoms with Gasteiger partial charge in [-0.1, -0.05) is 18.2 Å². The molecule has 2 aromatic carbocycles. The molecule has 136 valence electrons. The molecule has 0 aliphatic carbocycles. The summed E-state index contributed by atoms with van der Waals surface area (Å²) in [5.74, 6) is 1.67. The summed E-state index contributed by atoms with van der Waals surface area (Å²) in [6.45, 7) is 6.21. The predicted octanol–water partition coefficient (Wildman–Crippen LogP) is 5.07. The smallest absolute Gasteiger partial charge is 0.158 e. The number of ether oxygens (including phenoxy) is 1. The molecule has 0 atom stereocenters. The van der Waals surface area contributed by atoms with Gasteiger partial charge in [0, 0.05) is 29.1 Å². The predicted molar refractivity (Wildman–Crippen MR) is 109 cm³/mol. The zero-order valence-corrected chi connectivity index (χ0v) is 15.9. The fraction of sp³-hybridized carbons (Fsp3) is 0.182. The van der Waals surface area contributed by atoms with Gasteiger partial charge in [-0.25, -0.2) is 4.98 Å². The van der Waals surface area contributed by atoms with E-state index in [-0.39, 0.29) is 0 Å². The van der Waals surface area contributed by atoms with Crippen LogP contribution < -0.4 is 10.1 Å². The van der Waals surface area contributed by atoms with Crippen LogP contribution in [0.1, 0.15) is 16.8 Å². The Morgan fingerprint density at radius 2 is 1.74 bits per heavy atom. The molecule has 1 N–H and O–H groups in total. The minimum atomic E-state index is 0.793. The Morgan fingerprint density at radius 3 is 2.52 bits per heavy atom. The highest BCUT2D eigenvalue weighted by atomic mass is 16.5.